The molecule has 2 aromatic carbocycles. The summed E-state index contributed by atoms with van der Waals surface area (Å²) in [6, 6.07) is 17.6. The fraction of sp³-hybridized carbons (Fsp3) is 0.538. The first-order chi connectivity index (χ1) is 14.7. The van der Waals surface area contributed by atoms with Gasteiger partial charge in [0.1, 0.15) is 5.75 Å². The second kappa shape index (κ2) is 7.37. The van der Waals surface area contributed by atoms with Crippen molar-refractivity contribution in [1.29, 1.82) is 0 Å². The third kappa shape index (κ3) is 3.08. The molecular weight excluding hydrogens is 372 g/mol. The number of rotatable bonds is 5. The van der Waals surface area contributed by atoms with Crippen LogP contribution in [-0.2, 0) is 13.0 Å². The van der Waals surface area contributed by atoms with Crippen LogP contribution < -0.4 is 4.74 Å². The molecule has 4 aliphatic rings. The summed E-state index contributed by atoms with van der Waals surface area (Å²) in [6.45, 7) is 7.11. The predicted molar refractivity (Wildman–Crippen MR) is 118 cm³/mol. The summed E-state index contributed by atoms with van der Waals surface area (Å²) in [5.74, 6) is 2.09. The van der Waals surface area contributed by atoms with Gasteiger partial charge in [-0.2, -0.15) is 0 Å². The van der Waals surface area contributed by atoms with Gasteiger partial charge in [0.15, 0.2) is 0 Å². The minimum atomic E-state index is -0.243. The van der Waals surface area contributed by atoms with Gasteiger partial charge in [-0.25, -0.2) is 0 Å². The van der Waals surface area contributed by atoms with Crippen molar-refractivity contribution in [1.82, 2.24) is 9.80 Å². The van der Waals surface area contributed by atoms with Crippen molar-refractivity contribution < 1.29 is 9.84 Å². The van der Waals surface area contributed by atoms with E-state index in [0.717, 1.165) is 45.0 Å². The van der Waals surface area contributed by atoms with Gasteiger partial charge in [0.05, 0.1) is 12.7 Å². The molecule has 1 saturated carbocycles. The Balaban J connectivity index is 1.23. The van der Waals surface area contributed by atoms with Crippen LogP contribution in [0.15, 0.2) is 48.5 Å². The van der Waals surface area contributed by atoms with Crippen LogP contribution in [0.25, 0.3) is 0 Å². The molecule has 2 aromatic rings. The lowest BCUT2D eigenvalue weighted by Crippen LogP contribution is -2.28. The van der Waals surface area contributed by atoms with Crippen molar-refractivity contribution in [2.75, 3.05) is 39.3 Å². The van der Waals surface area contributed by atoms with Crippen LogP contribution in [0.3, 0.4) is 0 Å². The Morgan fingerprint density at radius 3 is 2.70 bits per heavy atom. The summed E-state index contributed by atoms with van der Waals surface area (Å²) in [5, 5.41) is 11.3. The van der Waals surface area contributed by atoms with Gasteiger partial charge in [0, 0.05) is 38.0 Å². The molecule has 0 bridgehead atoms. The van der Waals surface area contributed by atoms with Crippen molar-refractivity contribution in [2.24, 2.45) is 11.3 Å². The highest BCUT2D eigenvalue weighted by Gasteiger charge is 2.71. The van der Waals surface area contributed by atoms with Gasteiger partial charge in [-0.05, 0) is 60.5 Å². The number of aliphatic hydroxyl groups is 1. The van der Waals surface area contributed by atoms with Gasteiger partial charge >= 0.3 is 0 Å². The quantitative estimate of drug-likeness (QED) is 0.830. The molecule has 1 aliphatic carbocycles. The molecule has 0 aromatic heterocycles. The number of benzene rings is 2. The Morgan fingerprint density at radius 2 is 1.87 bits per heavy atom. The molecule has 4 nitrogen and oxygen atoms in total. The standard InChI is InChI=1S/C26H32N2O2/c29-24-17-28(15-19-8-9-23-21(14-19)10-13-30-23)18-26(24)22(16-27-11-4-5-12-27)25(26)20-6-2-1-3-7-20/h1-3,6-9,14,22,24-25,29H,4-5,10-13,15-18H2/t22-,24+,25-,26-/m1/s1. The molecule has 1 spiro atoms. The minimum Gasteiger partial charge on any atom is -0.493 e. The fourth-order valence-electron chi connectivity index (χ4n) is 6.62. The molecule has 0 radical (unpaired) electrons. The van der Waals surface area contributed by atoms with E-state index in [4.69, 9.17) is 4.74 Å². The van der Waals surface area contributed by atoms with Crippen molar-refractivity contribution in [3.63, 3.8) is 0 Å². The van der Waals surface area contributed by atoms with Crippen LogP contribution in [0.1, 0.15) is 35.4 Å². The van der Waals surface area contributed by atoms with Gasteiger partial charge in [-0.3, -0.25) is 4.90 Å². The van der Waals surface area contributed by atoms with E-state index in [1.165, 1.54) is 42.6 Å². The summed E-state index contributed by atoms with van der Waals surface area (Å²) in [7, 11) is 0. The molecule has 3 fully saturated rings. The van der Waals surface area contributed by atoms with Gasteiger partial charge in [-0.1, -0.05) is 42.5 Å². The maximum Gasteiger partial charge on any atom is 0.122 e. The molecule has 3 aliphatic heterocycles. The highest BCUT2D eigenvalue weighted by atomic mass is 16.5. The summed E-state index contributed by atoms with van der Waals surface area (Å²) >= 11 is 0. The predicted octanol–water partition coefficient (Wildman–Crippen LogP) is 3.29. The number of hydrogen-bond donors (Lipinski definition) is 1. The molecule has 1 N–H and O–H groups in total. The molecule has 0 amide bonds. The second-order valence-electron chi connectivity index (χ2n) is 9.84. The number of hydrogen-bond acceptors (Lipinski definition) is 4. The Hall–Kier alpha value is -1.88. The molecule has 2 saturated heterocycles. The van der Waals surface area contributed by atoms with Crippen molar-refractivity contribution in [3.8, 4) is 5.75 Å². The SMILES string of the molecule is O[C@H]1CN(Cc2ccc3c(c2)CCO3)C[C@@]12[C@H](CN1CCCC1)[C@H]2c1ccccc1. The normalized spacial score (nSPS) is 33.2. The van der Waals surface area contributed by atoms with E-state index in [1.54, 1.807) is 0 Å². The molecule has 158 valence electrons. The van der Waals surface area contributed by atoms with Crippen LogP contribution in [0.2, 0.25) is 0 Å². The van der Waals surface area contributed by atoms with E-state index in [1.807, 2.05) is 0 Å². The number of likely N-dealkylation sites (tertiary alicyclic amines) is 2. The van der Waals surface area contributed by atoms with Crippen molar-refractivity contribution >= 4 is 0 Å². The molecule has 0 unspecified atom stereocenters. The van der Waals surface area contributed by atoms with Crippen LogP contribution in [0.4, 0.5) is 0 Å². The lowest BCUT2D eigenvalue weighted by atomic mass is 9.95. The zero-order valence-corrected chi connectivity index (χ0v) is 17.7. The number of fused-ring (bicyclic) bond motifs is 1. The zero-order valence-electron chi connectivity index (χ0n) is 17.7. The van der Waals surface area contributed by atoms with Gasteiger partial charge in [0.25, 0.3) is 0 Å². The third-order valence-electron chi connectivity index (χ3n) is 8.08. The van der Waals surface area contributed by atoms with Crippen molar-refractivity contribution in [3.05, 3.63) is 65.2 Å². The third-order valence-corrected chi connectivity index (χ3v) is 8.08. The molecule has 30 heavy (non-hydrogen) atoms. The molecule has 4 atom stereocenters. The minimum absolute atomic E-state index is 0.0176. The Bertz CT molecular complexity index is 911. The highest BCUT2D eigenvalue weighted by Crippen LogP contribution is 2.69. The Labute approximate surface area is 179 Å². The fourth-order valence-corrected chi connectivity index (χ4v) is 6.62. The first-order valence-corrected chi connectivity index (χ1v) is 11.7. The average Bonchev–Trinajstić information content (AvgIpc) is 3.23. The number of ether oxygens (including phenoxy) is 1. The number of aliphatic hydroxyl groups excluding tert-OH is 1. The van der Waals surface area contributed by atoms with E-state index in [0.29, 0.717) is 11.8 Å². The van der Waals surface area contributed by atoms with Gasteiger partial charge in [0.2, 0.25) is 0 Å². The molecule has 4 heteroatoms. The monoisotopic (exact) mass is 404 g/mol. The maximum absolute atomic E-state index is 11.3. The van der Waals surface area contributed by atoms with Crippen LogP contribution in [0.5, 0.6) is 5.75 Å². The molecule has 3 heterocycles. The first kappa shape index (κ1) is 18.9. The van der Waals surface area contributed by atoms with E-state index in [9.17, 15) is 5.11 Å². The maximum atomic E-state index is 11.3. The second-order valence-corrected chi connectivity index (χ2v) is 9.84. The van der Waals surface area contributed by atoms with Crippen molar-refractivity contribution in [2.45, 2.75) is 37.8 Å². The van der Waals surface area contributed by atoms with E-state index >= 15 is 0 Å². The lowest BCUT2D eigenvalue weighted by Gasteiger charge is -2.19. The lowest BCUT2D eigenvalue weighted by molar-refractivity contribution is 0.116. The topological polar surface area (TPSA) is 35.9 Å². The highest BCUT2D eigenvalue weighted by molar-refractivity contribution is 5.40. The first-order valence-electron chi connectivity index (χ1n) is 11.7. The van der Waals surface area contributed by atoms with E-state index in [-0.39, 0.29) is 11.5 Å². The summed E-state index contributed by atoms with van der Waals surface area (Å²) in [6.07, 6.45) is 3.43. The Kier molecular flexibility index (Phi) is 4.63. The molecule has 6 rings (SSSR count). The van der Waals surface area contributed by atoms with E-state index in [2.05, 4.69) is 58.3 Å². The Morgan fingerprint density at radius 1 is 1.03 bits per heavy atom. The smallest absolute Gasteiger partial charge is 0.122 e. The van der Waals surface area contributed by atoms with Crippen LogP contribution in [-0.4, -0.2) is 60.3 Å². The average molecular weight is 405 g/mol. The van der Waals surface area contributed by atoms with Gasteiger partial charge in [-0.15, -0.1) is 0 Å². The number of nitrogens with zero attached hydrogens (tertiary/aromatic N) is 2. The number of β-amino-alcohol motifs (C(OH)–C–C–N with tert-alkyl or cyclic N) is 1. The van der Waals surface area contributed by atoms with Gasteiger partial charge < -0.3 is 14.7 Å². The summed E-state index contributed by atoms with van der Waals surface area (Å²) < 4.78 is 5.67. The van der Waals surface area contributed by atoms with Crippen LogP contribution >= 0.6 is 0 Å². The van der Waals surface area contributed by atoms with Crippen LogP contribution in [0, 0.1) is 11.3 Å². The zero-order chi connectivity index (χ0) is 20.1. The largest absolute Gasteiger partial charge is 0.493 e. The summed E-state index contributed by atoms with van der Waals surface area (Å²) in [5.41, 5.74) is 4.11. The summed E-state index contributed by atoms with van der Waals surface area (Å²) in [4.78, 5) is 5.12. The molecular formula is C26H32N2O2. The van der Waals surface area contributed by atoms with E-state index < -0.39 is 0 Å².